The molecule has 0 aliphatic carbocycles. The maximum atomic E-state index is 12.4. The van der Waals surface area contributed by atoms with E-state index in [0.717, 1.165) is 10.2 Å². The van der Waals surface area contributed by atoms with E-state index in [1.807, 2.05) is 29.2 Å². The molecule has 0 bridgehead atoms. The summed E-state index contributed by atoms with van der Waals surface area (Å²) >= 11 is 3.37. The summed E-state index contributed by atoms with van der Waals surface area (Å²) in [6, 6.07) is 7.39. The van der Waals surface area contributed by atoms with Crippen LogP contribution in [0, 0.1) is 6.92 Å². The minimum atomic E-state index is -0.186. The van der Waals surface area contributed by atoms with E-state index in [1.54, 1.807) is 6.92 Å². The molecule has 1 aromatic heterocycles. The number of aryl methyl sites for hydroxylation is 1. The molecule has 2 N–H and O–H groups in total. The van der Waals surface area contributed by atoms with Crippen molar-refractivity contribution < 1.29 is 9.53 Å². The first-order valence-electron chi connectivity index (χ1n) is 8.51. The maximum Gasteiger partial charge on any atom is 0.255 e. The lowest BCUT2D eigenvalue weighted by molar-refractivity contribution is -0.116. The van der Waals surface area contributed by atoms with Gasteiger partial charge in [0.05, 0.1) is 13.2 Å². The number of hydrogen-bond acceptors (Lipinski definition) is 5. The fourth-order valence-electron chi connectivity index (χ4n) is 2.84. The molecule has 1 aliphatic rings. The zero-order chi connectivity index (χ0) is 18.5. The Kier molecular flexibility index (Phi) is 6.05. The Morgan fingerprint density at radius 3 is 2.85 bits per heavy atom. The average Bonchev–Trinajstić information content (AvgIpc) is 2.61. The van der Waals surface area contributed by atoms with Crippen molar-refractivity contribution in [1.29, 1.82) is 0 Å². The summed E-state index contributed by atoms with van der Waals surface area (Å²) in [7, 11) is 0. The van der Waals surface area contributed by atoms with E-state index < -0.39 is 0 Å². The van der Waals surface area contributed by atoms with Gasteiger partial charge in [-0.25, -0.2) is 4.98 Å². The van der Waals surface area contributed by atoms with Gasteiger partial charge in [-0.3, -0.25) is 14.6 Å². The molecule has 2 aromatic rings. The molecular weight excluding hydrogens is 400 g/mol. The van der Waals surface area contributed by atoms with Gasteiger partial charge in [-0.05, 0) is 31.5 Å². The van der Waals surface area contributed by atoms with Crippen LogP contribution >= 0.6 is 15.9 Å². The van der Waals surface area contributed by atoms with E-state index >= 15 is 0 Å². The topological polar surface area (TPSA) is 87.3 Å². The number of rotatable bonds is 5. The highest BCUT2D eigenvalue weighted by atomic mass is 79.9. The van der Waals surface area contributed by atoms with Crippen LogP contribution in [0.5, 0.6) is 0 Å². The smallest absolute Gasteiger partial charge is 0.255 e. The Morgan fingerprint density at radius 2 is 2.15 bits per heavy atom. The molecule has 3 rings (SSSR count). The summed E-state index contributed by atoms with van der Waals surface area (Å²) < 4.78 is 6.21. The van der Waals surface area contributed by atoms with Crippen LogP contribution in [0.2, 0.25) is 0 Å². The molecule has 0 atom stereocenters. The van der Waals surface area contributed by atoms with E-state index in [0.29, 0.717) is 49.9 Å². The minimum Gasteiger partial charge on any atom is -0.378 e. The van der Waals surface area contributed by atoms with Crippen LogP contribution in [0.15, 0.2) is 33.5 Å². The van der Waals surface area contributed by atoms with Crippen LogP contribution in [-0.4, -0.2) is 42.2 Å². The number of benzene rings is 1. The molecule has 0 saturated carbocycles. The van der Waals surface area contributed by atoms with Gasteiger partial charge in [-0.2, -0.15) is 0 Å². The molecule has 1 aromatic carbocycles. The molecule has 1 fully saturated rings. The van der Waals surface area contributed by atoms with Crippen molar-refractivity contribution in [2.45, 2.75) is 19.8 Å². The van der Waals surface area contributed by atoms with Gasteiger partial charge in [0.15, 0.2) is 0 Å². The highest BCUT2D eigenvalue weighted by Crippen LogP contribution is 2.16. The standard InChI is InChI=1S/C18H21BrN4O3/c1-12-15(5-6-16(24)21-14-4-2-3-13(19)11-14)17(25)22-18(20-12)23-7-9-26-10-8-23/h2-4,11H,5-10H2,1H3,(H,21,24)(H,20,22,25). The monoisotopic (exact) mass is 420 g/mol. The third-order valence-corrected chi connectivity index (χ3v) is 4.72. The number of hydrogen-bond donors (Lipinski definition) is 2. The Balaban J connectivity index is 1.64. The number of ether oxygens (including phenoxy) is 1. The van der Waals surface area contributed by atoms with Crippen LogP contribution in [0.4, 0.5) is 11.6 Å². The van der Waals surface area contributed by atoms with Crippen LogP contribution < -0.4 is 15.8 Å². The fourth-order valence-corrected chi connectivity index (χ4v) is 3.24. The van der Waals surface area contributed by atoms with Crippen molar-refractivity contribution in [3.63, 3.8) is 0 Å². The van der Waals surface area contributed by atoms with Crippen LogP contribution in [0.25, 0.3) is 0 Å². The van der Waals surface area contributed by atoms with Crippen molar-refractivity contribution in [3.8, 4) is 0 Å². The number of carbonyl (C=O) groups excluding carboxylic acids is 1. The van der Waals surface area contributed by atoms with Crippen LogP contribution in [0.1, 0.15) is 17.7 Å². The Labute approximate surface area is 159 Å². The lowest BCUT2D eigenvalue weighted by Crippen LogP contribution is -2.38. The maximum absolute atomic E-state index is 12.4. The third kappa shape index (κ3) is 4.70. The van der Waals surface area contributed by atoms with Gasteiger partial charge in [0.2, 0.25) is 11.9 Å². The van der Waals surface area contributed by atoms with Gasteiger partial charge in [0.25, 0.3) is 5.56 Å². The number of nitrogens with one attached hydrogen (secondary N) is 2. The first-order valence-corrected chi connectivity index (χ1v) is 9.30. The summed E-state index contributed by atoms with van der Waals surface area (Å²) in [5, 5.41) is 2.83. The Hall–Kier alpha value is -2.19. The quantitative estimate of drug-likeness (QED) is 0.774. The molecule has 138 valence electrons. The molecular formula is C18H21BrN4O3. The Bertz CT molecular complexity index is 847. The van der Waals surface area contributed by atoms with Gasteiger partial charge >= 0.3 is 0 Å². The van der Waals surface area contributed by atoms with E-state index in [4.69, 9.17) is 4.74 Å². The molecule has 1 saturated heterocycles. The zero-order valence-electron chi connectivity index (χ0n) is 14.5. The lowest BCUT2D eigenvalue weighted by Gasteiger charge is -2.27. The Morgan fingerprint density at radius 1 is 1.38 bits per heavy atom. The van der Waals surface area contributed by atoms with Gasteiger partial charge in [-0.1, -0.05) is 22.0 Å². The van der Waals surface area contributed by atoms with E-state index in [2.05, 4.69) is 31.2 Å². The number of aromatic amines is 1. The number of nitrogens with zero attached hydrogens (tertiary/aromatic N) is 2. The SMILES string of the molecule is Cc1nc(N2CCOCC2)[nH]c(=O)c1CCC(=O)Nc1cccc(Br)c1. The molecule has 1 aliphatic heterocycles. The molecule has 2 heterocycles. The highest BCUT2D eigenvalue weighted by Gasteiger charge is 2.16. The number of morpholine rings is 1. The van der Waals surface area contributed by atoms with E-state index in [1.165, 1.54) is 0 Å². The second kappa shape index (κ2) is 8.46. The zero-order valence-corrected chi connectivity index (χ0v) is 16.1. The van der Waals surface area contributed by atoms with E-state index in [-0.39, 0.29) is 17.9 Å². The predicted molar refractivity (Wildman–Crippen MR) is 104 cm³/mol. The summed E-state index contributed by atoms with van der Waals surface area (Å²) in [6.07, 6.45) is 0.562. The van der Waals surface area contributed by atoms with Crippen LogP contribution in [-0.2, 0) is 16.0 Å². The number of carbonyl (C=O) groups is 1. The van der Waals surface area contributed by atoms with Gasteiger partial charge in [-0.15, -0.1) is 0 Å². The lowest BCUT2D eigenvalue weighted by atomic mass is 10.1. The molecule has 7 nitrogen and oxygen atoms in total. The minimum absolute atomic E-state index is 0.140. The van der Waals surface area contributed by atoms with Crippen molar-refractivity contribution >= 4 is 33.5 Å². The van der Waals surface area contributed by atoms with E-state index in [9.17, 15) is 9.59 Å². The fraction of sp³-hybridized carbons (Fsp3) is 0.389. The first-order chi connectivity index (χ1) is 12.5. The van der Waals surface area contributed by atoms with Crippen molar-refractivity contribution in [2.24, 2.45) is 0 Å². The second-order valence-electron chi connectivity index (χ2n) is 6.11. The molecule has 0 spiro atoms. The van der Waals surface area contributed by atoms with Gasteiger partial charge in [0, 0.05) is 40.9 Å². The number of halogens is 1. The number of aromatic nitrogens is 2. The highest BCUT2D eigenvalue weighted by molar-refractivity contribution is 9.10. The van der Waals surface area contributed by atoms with Crippen LogP contribution in [0.3, 0.4) is 0 Å². The molecule has 1 amide bonds. The number of anilines is 2. The average molecular weight is 421 g/mol. The van der Waals surface area contributed by atoms with Crippen molar-refractivity contribution in [2.75, 3.05) is 36.5 Å². The molecule has 0 radical (unpaired) electrons. The van der Waals surface area contributed by atoms with Crippen molar-refractivity contribution in [1.82, 2.24) is 9.97 Å². The van der Waals surface area contributed by atoms with Gasteiger partial charge < -0.3 is 15.0 Å². The summed E-state index contributed by atoms with van der Waals surface area (Å²) in [5.74, 6) is 0.428. The summed E-state index contributed by atoms with van der Waals surface area (Å²) in [5.41, 5.74) is 1.74. The predicted octanol–water partition coefficient (Wildman–Crippen LogP) is 2.25. The molecule has 26 heavy (non-hydrogen) atoms. The second-order valence-corrected chi connectivity index (χ2v) is 7.03. The summed E-state index contributed by atoms with van der Waals surface area (Å²) in [4.78, 5) is 33.9. The van der Waals surface area contributed by atoms with Crippen molar-refractivity contribution in [3.05, 3.63) is 50.3 Å². The molecule has 8 heteroatoms. The number of amides is 1. The first kappa shape index (κ1) is 18.6. The molecule has 0 unspecified atom stereocenters. The summed E-state index contributed by atoms with van der Waals surface area (Å²) in [6.45, 7) is 4.47. The van der Waals surface area contributed by atoms with Gasteiger partial charge in [0.1, 0.15) is 0 Å². The number of H-pyrrole nitrogens is 1. The largest absolute Gasteiger partial charge is 0.378 e. The third-order valence-electron chi connectivity index (χ3n) is 4.23. The normalized spacial score (nSPS) is 14.3.